The van der Waals surface area contributed by atoms with E-state index in [0.29, 0.717) is 5.75 Å². The predicted molar refractivity (Wildman–Crippen MR) is 64.0 cm³/mol. The topological polar surface area (TPSA) is 46.5 Å². The Hall–Kier alpha value is -1.94. The number of fused-ring (bicyclic) bond motifs is 2. The van der Waals surface area contributed by atoms with Gasteiger partial charge in [-0.3, -0.25) is 0 Å². The van der Waals surface area contributed by atoms with Crippen molar-refractivity contribution in [3.05, 3.63) is 48.0 Å². The average Bonchev–Trinajstić information content (AvgIpc) is 2.35. The molecule has 3 nitrogen and oxygen atoms in total. The van der Waals surface area contributed by atoms with Gasteiger partial charge >= 0.3 is 5.97 Å². The minimum absolute atomic E-state index is 0.277. The molecule has 0 fully saturated rings. The first kappa shape index (κ1) is 10.2. The van der Waals surface area contributed by atoms with Gasteiger partial charge in [0.2, 0.25) is 0 Å². The Morgan fingerprint density at radius 2 is 1.82 bits per heavy atom. The van der Waals surface area contributed by atoms with Crippen LogP contribution < -0.4 is 4.74 Å². The number of carboxylic acids is 1. The first-order valence-corrected chi connectivity index (χ1v) is 5.88. The lowest BCUT2D eigenvalue weighted by Gasteiger charge is -2.19. The summed E-state index contributed by atoms with van der Waals surface area (Å²) in [6.45, 7) is 0. The Kier molecular flexibility index (Phi) is 2.30. The third-order valence-corrected chi connectivity index (χ3v) is 3.58. The summed E-state index contributed by atoms with van der Waals surface area (Å²) in [5, 5.41) is 8.93. The summed E-state index contributed by atoms with van der Waals surface area (Å²) >= 11 is 1.53. The molecule has 1 heterocycles. The zero-order chi connectivity index (χ0) is 11.8. The number of para-hydroxylation sites is 1. The van der Waals surface area contributed by atoms with Crippen molar-refractivity contribution in [2.75, 3.05) is 0 Å². The lowest BCUT2D eigenvalue weighted by Crippen LogP contribution is -1.99. The van der Waals surface area contributed by atoms with Crippen LogP contribution in [0.25, 0.3) is 0 Å². The second kappa shape index (κ2) is 3.82. The third kappa shape index (κ3) is 1.76. The van der Waals surface area contributed by atoms with Crippen molar-refractivity contribution in [3.8, 4) is 11.5 Å². The van der Waals surface area contributed by atoms with E-state index in [1.54, 1.807) is 18.2 Å². The van der Waals surface area contributed by atoms with Gasteiger partial charge in [0.25, 0.3) is 0 Å². The Bertz CT molecular complexity index is 607. The van der Waals surface area contributed by atoms with Gasteiger partial charge in [0.1, 0.15) is 11.5 Å². The summed E-state index contributed by atoms with van der Waals surface area (Å²) in [5.41, 5.74) is 0.277. The molecule has 0 unspecified atom stereocenters. The number of aromatic carboxylic acids is 1. The van der Waals surface area contributed by atoms with Gasteiger partial charge in [0.15, 0.2) is 0 Å². The summed E-state index contributed by atoms with van der Waals surface area (Å²) in [5.74, 6) is 0.596. The molecule has 0 radical (unpaired) electrons. The normalized spacial score (nSPS) is 12.2. The van der Waals surface area contributed by atoms with Crippen molar-refractivity contribution in [1.29, 1.82) is 0 Å². The van der Waals surface area contributed by atoms with Gasteiger partial charge < -0.3 is 9.84 Å². The Balaban J connectivity index is 2.06. The quantitative estimate of drug-likeness (QED) is 0.709. The highest BCUT2D eigenvalue weighted by molar-refractivity contribution is 7.99. The number of carboxylic acid groups (broad SMARTS) is 1. The van der Waals surface area contributed by atoms with Crippen LogP contribution in [0.2, 0.25) is 0 Å². The van der Waals surface area contributed by atoms with E-state index < -0.39 is 5.97 Å². The third-order valence-electron chi connectivity index (χ3n) is 2.48. The molecule has 0 spiro atoms. The van der Waals surface area contributed by atoms with E-state index in [2.05, 4.69) is 0 Å². The van der Waals surface area contributed by atoms with Gasteiger partial charge in [-0.25, -0.2) is 4.79 Å². The minimum atomic E-state index is -0.924. The van der Waals surface area contributed by atoms with Gasteiger partial charge in [-0.05, 0) is 30.3 Å². The molecule has 0 bridgehead atoms. The second-order valence-corrected chi connectivity index (χ2v) is 4.70. The van der Waals surface area contributed by atoms with E-state index in [1.807, 2.05) is 24.3 Å². The second-order valence-electron chi connectivity index (χ2n) is 3.62. The van der Waals surface area contributed by atoms with Crippen LogP contribution in [0, 0.1) is 0 Å². The molecule has 2 aromatic rings. The maximum atomic E-state index is 10.9. The predicted octanol–water partition coefficient (Wildman–Crippen LogP) is 3.64. The summed E-state index contributed by atoms with van der Waals surface area (Å²) in [6, 6.07) is 12.6. The number of ether oxygens (including phenoxy) is 1. The van der Waals surface area contributed by atoms with Crippen LogP contribution in [0.15, 0.2) is 52.3 Å². The Labute approximate surface area is 102 Å². The molecule has 2 aromatic carbocycles. The smallest absolute Gasteiger partial charge is 0.335 e. The van der Waals surface area contributed by atoms with E-state index in [4.69, 9.17) is 9.84 Å². The fraction of sp³-hybridized carbons (Fsp3) is 0. The van der Waals surface area contributed by atoms with Crippen molar-refractivity contribution in [1.82, 2.24) is 0 Å². The largest absolute Gasteiger partial charge is 0.478 e. The molecule has 3 rings (SSSR count). The van der Waals surface area contributed by atoms with E-state index in [1.165, 1.54) is 11.8 Å². The fourth-order valence-corrected chi connectivity index (χ4v) is 2.65. The number of hydrogen-bond acceptors (Lipinski definition) is 3. The molecule has 0 atom stereocenters. The average molecular weight is 244 g/mol. The molecule has 4 heteroatoms. The highest BCUT2D eigenvalue weighted by atomic mass is 32.2. The lowest BCUT2D eigenvalue weighted by molar-refractivity contribution is 0.0696. The summed E-state index contributed by atoms with van der Waals surface area (Å²) < 4.78 is 5.70. The van der Waals surface area contributed by atoms with E-state index in [9.17, 15) is 4.79 Å². The summed E-state index contributed by atoms with van der Waals surface area (Å²) in [6.07, 6.45) is 0. The van der Waals surface area contributed by atoms with Crippen molar-refractivity contribution in [3.63, 3.8) is 0 Å². The van der Waals surface area contributed by atoms with Gasteiger partial charge in [0, 0.05) is 0 Å². The minimum Gasteiger partial charge on any atom is -0.478 e. The van der Waals surface area contributed by atoms with Crippen LogP contribution in [0.1, 0.15) is 10.4 Å². The van der Waals surface area contributed by atoms with Gasteiger partial charge in [-0.15, -0.1) is 0 Å². The molecule has 0 saturated heterocycles. The van der Waals surface area contributed by atoms with Crippen LogP contribution >= 0.6 is 11.8 Å². The van der Waals surface area contributed by atoms with Crippen LogP contribution in [-0.4, -0.2) is 11.1 Å². The maximum Gasteiger partial charge on any atom is 0.335 e. The van der Waals surface area contributed by atoms with Gasteiger partial charge in [0.05, 0.1) is 15.4 Å². The monoisotopic (exact) mass is 244 g/mol. The molecule has 1 aliphatic rings. The molecule has 84 valence electrons. The highest BCUT2D eigenvalue weighted by Gasteiger charge is 2.18. The van der Waals surface area contributed by atoms with Crippen LogP contribution in [0.3, 0.4) is 0 Å². The van der Waals surface area contributed by atoms with Crippen molar-refractivity contribution in [2.45, 2.75) is 9.79 Å². The highest BCUT2D eigenvalue weighted by Crippen LogP contribution is 2.46. The number of rotatable bonds is 1. The van der Waals surface area contributed by atoms with Crippen LogP contribution in [-0.2, 0) is 0 Å². The molecule has 17 heavy (non-hydrogen) atoms. The SMILES string of the molecule is O=C(O)c1ccc2c(c1)Sc1ccccc1O2. The summed E-state index contributed by atoms with van der Waals surface area (Å²) in [7, 11) is 0. The van der Waals surface area contributed by atoms with E-state index in [0.717, 1.165) is 15.5 Å². The molecule has 0 amide bonds. The van der Waals surface area contributed by atoms with E-state index in [-0.39, 0.29) is 5.56 Å². The van der Waals surface area contributed by atoms with E-state index >= 15 is 0 Å². The zero-order valence-electron chi connectivity index (χ0n) is 8.71. The molecule has 1 N–H and O–H groups in total. The van der Waals surface area contributed by atoms with Crippen molar-refractivity contribution in [2.24, 2.45) is 0 Å². The van der Waals surface area contributed by atoms with Gasteiger partial charge in [-0.2, -0.15) is 0 Å². The standard InChI is InChI=1S/C13H8O3S/c14-13(15)8-5-6-10-12(7-8)17-11-4-2-1-3-9(11)16-10/h1-7H,(H,14,15). The van der Waals surface area contributed by atoms with Crippen molar-refractivity contribution >= 4 is 17.7 Å². The first-order valence-electron chi connectivity index (χ1n) is 5.06. The van der Waals surface area contributed by atoms with Crippen LogP contribution in [0.5, 0.6) is 11.5 Å². The zero-order valence-corrected chi connectivity index (χ0v) is 9.53. The molecule has 1 aliphatic heterocycles. The molecular weight excluding hydrogens is 236 g/mol. The van der Waals surface area contributed by atoms with Crippen LogP contribution in [0.4, 0.5) is 0 Å². The molecule has 0 aliphatic carbocycles. The Morgan fingerprint density at radius 1 is 1.06 bits per heavy atom. The number of hydrogen-bond donors (Lipinski definition) is 1. The molecular formula is C13H8O3S. The number of benzene rings is 2. The summed E-state index contributed by atoms with van der Waals surface area (Å²) in [4.78, 5) is 12.7. The molecule has 0 saturated carbocycles. The van der Waals surface area contributed by atoms with Crippen molar-refractivity contribution < 1.29 is 14.6 Å². The van der Waals surface area contributed by atoms with Gasteiger partial charge in [-0.1, -0.05) is 23.9 Å². The molecule has 0 aromatic heterocycles. The Morgan fingerprint density at radius 3 is 2.65 bits per heavy atom. The fourth-order valence-electron chi connectivity index (χ4n) is 1.66. The number of carbonyl (C=O) groups is 1. The first-order chi connectivity index (χ1) is 8.24. The lowest BCUT2D eigenvalue weighted by atomic mass is 10.2. The maximum absolute atomic E-state index is 10.9.